The second-order valence-electron chi connectivity index (χ2n) is 3.91. The minimum atomic E-state index is -0.331. The van der Waals surface area contributed by atoms with Crippen LogP contribution in [0, 0.1) is 0 Å². The second kappa shape index (κ2) is 6.36. The number of hydrogen-bond acceptors (Lipinski definition) is 2. The smallest absolute Gasteiger partial charge is 0.154 e. The van der Waals surface area contributed by atoms with Crippen LogP contribution in [0.25, 0.3) is 0 Å². The molecule has 0 fully saturated rings. The first-order valence-corrected chi connectivity index (χ1v) is 6.95. The van der Waals surface area contributed by atoms with E-state index in [0.29, 0.717) is 16.8 Å². The summed E-state index contributed by atoms with van der Waals surface area (Å²) >= 11 is 23.8. The van der Waals surface area contributed by atoms with E-state index < -0.39 is 0 Å². The minimum absolute atomic E-state index is 0.00102. The summed E-state index contributed by atoms with van der Waals surface area (Å²) < 4.78 is 5.53. The molecule has 2 aromatic rings. The zero-order valence-corrected chi connectivity index (χ0v) is 13.0. The highest BCUT2D eigenvalue weighted by molar-refractivity contribution is 6.50. The van der Waals surface area contributed by atoms with Gasteiger partial charge in [-0.25, -0.2) is 0 Å². The Bertz CT molecular complexity index is 632. The first kappa shape index (κ1) is 15.6. The molecule has 0 aliphatic heterocycles. The first-order chi connectivity index (χ1) is 9.43. The van der Waals surface area contributed by atoms with Crippen LogP contribution in [0.4, 0.5) is 0 Å². The zero-order chi connectivity index (χ0) is 14.9. The molecule has 2 rings (SSSR count). The Morgan fingerprint density at radius 3 is 2.25 bits per heavy atom. The van der Waals surface area contributed by atoms with E-state index in [9.17, 15) is 5.11 Å². The van der Waals surface area contributed by atoms with Crippen molar-refractivity contribution in [3.63, 3.8) is 0 Å². The molecule has 0 heterocycles. The molecule has 0 aliphatic carbocycles. The van der Waals surface area contributed by atoms with Crippen LogP contribution in [0.5, 0.6) is 11.5 Å². The van der Waals surface area contributed by atoms with Crippen molar-refractivity contribution in [2.45, 2.75) is 6.61 Å². The van der Waals surface area contributed by atoms with Gasteiger partial charge in [-0.05, 0) is 6.07 Å². The van der Waals surface area contributed by atoms with Crippen LogP contribution in [0.2, 0.25) is 20.1 Å². The van der Waals surface area contributed by atoms with Gasteiger partial charge in [0, 0.05) is 5.56 Å². The van der Waals surface area contributed by atoms with Gasteiger partial charge in [0.25, 0.3) is 0 Å². The Balaban J connectivity index is 2.33. The van der Waals surface area contributed by atoms with Gasteiger partial charge in [-0.15, -0.1) is 0 Å². The molecule has 7 heteroatoms. The van der Waals surface area contributed by atoms with Gasteiger partial charge in [0.15, 0.2) is 5.75 Å². The van der Waals surface area contributed by atoms with Crippen molar-refractivity contribution in [2.24, 2.45) is 0 Å². The topological polar surface area (TPSA) is 29.5 Å². The lowest BCUT2D eigenvalue weighted by molar-refractivity contribution is 0.308. The summed E-state index contributed by atoms with van der Waals surface area (Å²) in [5, 5.41) is 9.82. The molecule has 0 saturated heterocycles. The monoisotopic (exact) mass is 346 g/mol. The van der Waals surface area contributed by atoms with Gasteiger partial charge < -0.3 is 9.84 Å². The molecule has 2 nitrogen and oxygen atoms in total. The lowest BCUT2D eigenvalue weighted by Gasteiger charge is -2.14. The predicted molar refractivity (Wildman–Crippen MR) is 84.3 cm³/mol. The molecule has 2 radical (unpaired) electrons. The van der Waals surface area contributed by atoms with Gasteiger partial charge in [0.05, 0.1) is 15.1 Å². The third-order valence-corrected chi connectivity index (χ3v) is 4.39. The largest absolute Gasteiger partial charge is 0.505 e. The maximum absolute atomic E-state index is 9.76. The third kappa shape index (κ3) is 2.96. The molecular weight excluding hydrogens is 341 g/mol. The fourth-order valence-electron chi connectivity index (χ4n) is 1.56. The van der Waals surface area contributed by atoms with Crippen LogP contribution >= 0.6 is 46.4 Å². The Hall–Kier alpha value is -0.735. The van der Waals surface area contributed by atoms with Crippen LogP contribution in [0.3, 0.4) is 0 Å². The Labute approximate surface area is 137 Å². The molecule has 0 bridgehead atoms. The Morgan fingerprint density at radius 1 is 0.950 bits per heavy atom. The summed E-state index contributed by atoms with van der Waals surface area (Å²) in [6, 6.07) is 6.97. The molecule has 0 unspecified atom stereocenters. The normalized spacial score (nSPS) is 10.6. The van der Waals surface area contributed by atoms with Crippen molar-refractivity contribution >= 4 is 59.7 Å². The third-order valence-electron chi connectivity index (χ3n) is 2.62. The number of phenolic OH excluding ortho intramolecular Hbond substituents is 1. The lowest BCUT2D eigenvalue weighted by Crippen LogP contribution is -2.09. The molecule has 102 valence electrons. The van der Waals surface area contributed by atoms with E-state index in [2.05, 4.69) is 0 Å². The average Bonchev–Trinajstić information content (AvgIpc) is 2.45. The van der Waals surface area contributed by atoms with E-state index in [-0.39, 0.29) is 32.4 Å². The number of aromatic hydroxyl groups is 1. The molecule has 20 heavy (non-hydrogen) atoms. The molecule has 0 atom stereocenters. The van der Waals surface area contributed by atoms with E-state index in [0.717, 1.165) is 0 Å². The number of rotatable bonds is 3. The van der Waals surface area contributed by atoms with Crippen molar-refractivity contribution in [1.29, 1.82) is 0 Å². The molecule has 0 amide bonds. The Kier molecular flexibility index (Phi) is 4.97. The Morgan fingerprint density at radius 2 is 1.60 bits per heavy atom. The van der Waals surface area contributed by atoms with Crippen LogP contribution < -0.4 is 10.2 Å². The summed E-state index contributed by atoms with van der Waals surface area (Å²) in [5.74, 6) is 0.146. The molecular formula is C13H7BCl4O2. The van der Waals surface area contributed by atoms with Crippen LogP contribution in [-0.2, 0) is 6.61 Å². The highest BCUT2D eigenvalue weighted by atomic mass is 35.5. The summed E-state index contributed by atoms with van der Waals surface area (Å²) in [6.07, 6.45) is 0. The fraction of sp³-hybridized carbons (Fsp3) is 0.0769. The first-order valence-electron chi connectivity index (χ1n) is 5.44. The van der Waals surface area contributed by atoms with Gasteiger partial charge in [0.1, 0.15) is 25.2 Å². The maximum atomic E-state index is 9.76. The highest BCUT2D eigenvalue weighted by Gasteiger charge is 2.20. The molecule has 2 aromatic carbocycles. The predicted octanol–water partition coefficient (Wildman–Crippen LogP) is 4.38. The van der Waals surface area contributed by atoms with Gasteiger partial charge in [-0.1, -0.05) is 70.1 Å². The summed E-state index contributed by atoms with van der Waals surface area (Å²) in [6.45, 7) is -0.00364. The van der Waals surface area contributed by atoms with Crippen LogP contribution in [0.15, 0.2) is 24.3 Å². The lowest BCUT2D eigenvalue weighted by atomic mass is 9.95. The SMILES string of the molecule is [B]c1ccccc1OCc1c(Cl)c(O)c(Cl)c(Cl)c1Cl. The van der Waals surface area contributed by atoms with Crippen molar-refractivity contribution in [1.82, 2.24) is 0 Å². The fourth-order valence-corrected chi connectivity index (χ4v) is 2.58. The van der Waals surface area contributed by atoms with Crippen molar-refractivity contribution < 1.29 is 9.84 Å². The van der Waals surface area contributed by atoms with Gasteiger partial charge in [-0.3, -0.25) is 0 Å². The van der Waals surface area contributed by atoms with E-state index in [1.54, 1.807) is 24.3 Å². The molecule has 0 aromatic heterocycles. The van der Waals surface area contributed by atoms with Crippen LogP contribution in [-0.4, -0.2) is 13.0 Å². The average molecular weight is 348 g/mol. The van der Waals surface area contributed by atoms with E-state index in [1.165, 1.54) is 0 Å². The zero-order valence-electron chi connectivity index (χ0n) is 9.96. The standard InChI is InChI=1S/C13H7BCl4O2/c14-7-3-1-2-4-8(7)20-5-6-9(15)11(17)12(18)13(19)10(6)16/h1-4,19H,5H2. The summed E-state index contributed by atoms with van der Waals surface area (Å²) in [5.41, 5.74) is 0.813. The van der Waals surface area contributed by atoms with Crippen molar-refractivity contribution in [3.05, 3.63) is 49.9 Å². The molecule has 1 N–H and O–H groups in total. The quantitative estimate of drug-likeness (QED) is 0.507. The number of ether oxygens (including phenoxy) is 1. The molecule has 0 aliphatic rings. The van der Waals surface area contributed by atoms with Crippen LogP contribution in [0.1, 0.15) is 5.56 Å². The van der Waals surface area contributed by atoms with E-state index in [1.807, 2.05) is 0 Å². The van der Waals surface area contributed by atoms with Gasteiger partial charge >= 0.3 is 0 Å². The number of halogens is 4. The highest BCUT2D eigenvalue weighted by Crippen LogP contribution is 2.45. The van der Waals surface area contributed by atoms with Crippen molar-refractivity contribution in [3.8, 4) is 11.5 Å². The second-order valence-corrected chi connectivity index (χ2v) is 5.42. The van der Waals surface area contributed by atoms with Gasteiger partial charge in [0.2, 0.25) is 0 Å². The summed E-state index contributed by atoms with van der Waals surface area (Å²) in [4.78, 5) is 0. The molecule has 0 spiro atoms. The number of phenols is 1. The number of para-hydroxylation sites is 1. The van der Waals surface area contributed by atoms with E-state index >= 15 is 0 Å². The molecule has 0 saturated carbocycles. The number of hydrogen-bond donors (Lipinski definition) is 1. The maximum Gasteiger partial charge on any atom is 0.154 e. The minimum Gasteiger partial charge on any atom is -0.505 e. The van der Waals surface area contributed by atoms with Crippen molar-refractivity contribution in [2.75, 3.05) is 0 Å². The van der Waals surface area contributed by atoms with E-state index in [4.69, 9.17) is 59.0 Å². The number of benzene rings is 2. The summed E-state index contributed by atoms with van der Waals surface area (Å²) in [7, 11) is 5.76. The van der Waals surface area contributed by atoms with Gasteiger partial charge in [-0.2, -0.15) is 0 Å².